The van der Waals surface area contributed by atoms with Gasteiger partial charge < -0.3 is 4.74 Å². The normalized spacial score (nSPS) is 10.8. The number of carbonyl (C=O) groups excluding carboxylic acids is 1. The number of nitrogens with one attached hydrogen (secondary N) is 1. The van der Waals surface area contributed by atoms with E-state index < -0.39 is 11.5 Å². The van der Waals surface area contributed by atoms with Crippen molar-refractivity contribution < 1.29 is 9.53 Å². The van der Waals surface area contributed by atoms with Crippen LogP contribution in [0.4, 0.5) is 0 Å². The summed E-state index contributed by atoms with van der Waals surface area (Å²) in [7, 11) is 1.59. The molecule has 2 heterocycles. The maximum Gasteiger partial charge on any atom is 0.343 e. The molecule has 0 saturated heterocycles. The van der Waals surface area contributed by atoms with Crippen LogP contribution in [0.1, 0.15) is 17.3 Å². The monoisotopic (exact) mass is 297 g/mol. The molecule has 3 rings (SSSR count). The van der Waals surface area contributed by atoms with Crippen molar-refractivity contribution in [3.05, 3.63) is 52.3 Å². The van der Waals surface area contributed by atoms with Crippen molar-refractivity contribution in [3.63, 3.8) is 0 Å². The summed E-state index contributed by atoms with van der Waals surface area (Å²) in [5, 5.41) is 7.83. The Morgan fingerprint density at radius 3 is 2.73 bits per heavy atom. The molecule has 0 saturated carbocycles. The maximum absolute atomic E-state index is 12.3. The number of esters is 1. The molecule has 112 valence electrons. The lowest BCUT2D eigenvalue weighted by atomic mass is 10.1. The Morgan fingerprint density at radius 2 is 2.05 bits per heavy atom. The lowest BCUT2D eigenvalue weighted by molar-refractivity contribution is 0.0524. The molecule has 0 atom stereocenters. The van der Waals surface area contributed by atoms with Gasteiger partial charge in [0.2, 0.25) is 0 Å². The highest BCUT2D eigenvalue weighted by Crippen LogP contribution is 2.25. The zero-order valence-corrected chi connectivity index (χ0v) is 12.3. The maximum atomic E-state index is 12.3. The van der Waals surface area contributed by atoms with E-state index in [1.807, 2.05) is 30.3 Å². The molecule has 0 aliphatic rings. The summed E-state index contributed by atoms with van der Waals surface area (Å²) in [6, 6.07) is 11.2. The van der Waals surface area contributed by atoms with Crippen molar-refractivity contribution in [2.24, 2.45) is 7.05 Å². The van der Waals surface area contributed by atoms with Gasteiger partial charge in [0.25, 0.3) is 5.56 Å². The molecule has 2 aromatic heterocycles. The molecule has 1 aromatic carbocycles. The molecule has 6 heteroatoms. The van der Waals surface area contributed by atoms with Crippen LogP contribution in [0.15, 0.2) is 41.2 Å². The number of ether oxygens (including phenoxy) is 1. The smallest absolute Gasteiger partial charge is 0.343 e. The standard InChI is InChI=1S/C16H15N3O3/c1-3-22-16(21)12-9-11-13(10-7-5-4-6-8-10)17-18-14(11)19(2)15(12)20/h4-9H,3H2,1-2H3,(H,17,18). The van der Waals surface area contributed by atoms with Gasteiger partial charge in [0.1, 0.15) is 5.56 Å². The number of hydrogen-bond donors (Lipinski definition) is 1. The molecule has 0 aliphatic carbocycles. The van der Waals surface area contributed by atoms with Crippen LogP contribution in [0, 0.1) is 0 Å². The minimum Gasteiger partial charge on any atom is -0.462 e. The van der Waals surface area contributed by atoms with Gasteiger partial charge in [-0.3, -0.25) is 14.5 Å². The number of aromatic amines is 1. The number of fused-ring (bicyclic) bond motifs is 1. The molecule has 3 aromatic rings. The molecule has 0 radical (unpaired) electrons. The molecular weight excluding hydrogens is 282 g/mol. The first-order chi connectivity index (χ1) is 10.6. The van der Waals surface area contributed by atoms with Crippen LogP contribution < -0.4 is 5.56 Å². The van der Waals surface area contributed by atoms with Crippen LogP contribution in [0.3, 0.4) is 0 Å². The lowest BCUT2D eigenvalue weighted by Gasteiger charge is -2.05. The molecule has 0 bridgehead atoms. The molecule has 1 N–H and O–H groups in total. The highest BCUT2D eigenvalue weighted by atomic mass is 16.5. The Labute approximate surface area is 126 Å². The lowest BCUT2D eigenvalue weighted by Crippen LogP contribution is -2.25. The van der Waals surface area contributed by atoms with Gasteiger partial charge in [0.05, 0.1) is 12.3 Å². The third kappa shape index (κ3) is 2.18. The van der Waals surface area contributed by atoms with Gasteiger partial charge in [-0.05, 0) is 13.0 Å². The average Bonchev–Trinajstić information content (AvgIpc) is 2.96. The first-order valence-corrected chi connectivity index (χ1v) is 6.94. The van der Waals surface area contributed by atoms with E-state index in [0.29, 0.717) is 11.0 Å². The highest BCUT2D eigenvalue weighted by molar-refractivity contribution is 5.97. The average molecular weight is 297 g/mol. The highest BCUT2D eigenvalue weighted by Gasteiger charge is 2.19. The second-order valence-electron chi connectivity index (χ2n) is 4.84. The molecule has 0 amide bonds. The van der Waals surface area contributed by atoms with Crippen molar-refractivity contribution in [2.75, 3.05) is 6.61 Å². The molecule has 6 nitrogen and oxygen atoms in total. The molecule has 0 spiro atoms. The van der Waals surface area contributed by atoms with Crippen molar-refractivity contribution >= 4 is 17.0 Å². The SMILES string of the molecule is CCOC(=O)c1cc2c(-c3ccccc3)[nH]nc2n(C)c1=O. The van der Waals surface area contributed by atoms with E-state index in [-0.39, 0.29) is 12.2 Å². The number of aryl methyl sites for hydroxylation is 1. The van der Waals surface area contributed by atoms with Gasteiger partial charge in [-0.1, -0.05) is 30.3 Å². The minimum absolute atomic E-state index is 0.00966. The van der Waals surface area contributed by atoms with Gasteiger partial charge in [-0.25, -0.2) is 4.79 Å². The summed E-state index contributed by atoms with van der Waals surface area (Å²) in [4.78, 5) is 24.2. The number of nitrogens with zero attached hydrogens (tertiary/aromatic N) is 2. The fourth-order valence-electron chi connectivity index (χ4n) is 2.40. The zero-order valence-electron chi connectivity index (χ0n) is 12.3. The van der Waals surface area contributed by atoms with Gasteiger partial charge >= 0.3 is 5.97 Å². The first kappa shape index (κ1) is 14.1. The predicted molar refractivity (Wildman–Crippen MR) is 82.7 cm³/mol. The minimum atomic E-state index is -0.620. The third-order valence-electron chi connectivity index (χ3n) is 3.48. The zero-order chi connectivity index (χ0) is 15.7. The van der Waals surface area contributed by atoms with E-state index in [9.17, 15) is 9.59 Å². The van der Waals surface area contributed by atoms with Crippen LogP contribution in [0.2, 0.25) is 0 Å². The molecular formula is C16H15N3O3. The third-order valence-corrected chi connectivity index (χ3v) is 3.48. The Bertz CT molecular complexity index is 894. The largest absolute Gasteiger partial charge is 0.462 e. The van der Waals surface area contributed by atoms with Crippen molar-refractivity contribution in [3.8, 4) is 11.3 Å². The second kappa shape index (κ2) is 5.48. The molecule has 22 heavy (non-hydrogen) atoms. The van der Waals surface area contributed by atoms with E-state index in [4.69, 9.17) is 4.74 Å². The number of benzene rings is 1. The van der Waals surface area contributed by atoms with Crippen molar-refractivity contribution in [1.29, 1.82) is 0 Å². The number of pyridine rings is 1. The first-order valence-electron chi connectivity index (χ1n) is 6.94. The summed E-state index contributed by atoms with van der Waals surface area (Å²) in [6.45, 7) is 1.92. The summed E-state index contributed by atoms with van der Waals surface area (Å²) in [5.41, 5.74) is 1.78. The van der Waals surface area contributed by atoms with E-state index >= 15 is 0 Å². The predicted octanol–water partition coefficient (Wildman–Crippen LogP) is 2.11. The Kier molecular flexibility index (Phi) is 3.50. The van der Waals surface area contributed by atoms with Crippen molar-refractivity contribution in [1.82, 2.24) is 14.8 Å². The van der Waals surface area contributed by atoms with Crippen LogP contribution in [-0.4, -0.2) is 27.3 Å². The molecule has 0 aliphatic heterocycles. The topological polar surface area (TPSA) is 77.0 Å². The Morgan fingerprint density at radius 1 is 1.32 bits per heavy atom. The summed E-state index contributed by atoms with van der Waals surface area (Å²) in [5.74, 6) is -0.620. The van der Waals surface area contributed by atoms with E-state index in [1.54, 1.807) is 20.0 Å². The fourth-order valence-corrected chi connectivity index (χ4v) is 2.40. The van der Waals surface area contributed by atoms with E-state index in [0.717, 1.165) is 11.3 Å². The van der Waals surface area contributed by atoms with Crippen LogP contribution in [0.25, 0.3) is 22.3 Å². The van der Waals surface area contributed by atoms with Crippen LogP contribution >= 0.6 is 0 Å². The van der Waals surface area contributed by atoms with Crippen LogP contribution in [0.5, 0.6) is 0 Å². The van der Waals surface area contributed by atoms with Crippen molar-refractivity contribution in [2.45, 2.75) is 6.92 Å². The van der Waals surface area contributed by atoms with Gasteiger partial charge in [0.15, 0.2) is 5.65 Å². The summed E-state index contributed by atoms with van der Waals surface area (Å²) < 4.78 is 6.30. The molecule has 0 fully saturated rings. The van der Waals surface area contributed by atoms with Gasteiger partial charge in [-0.15, -0.1) is 0 Å². The Balaban J connectivity index is 2.27. The summed E-state index contributed by atoms with van der Waals surface area (Å²) >= 11 is 0. The number of hydrogen-bond acceptors (Lipinski definition) is 4. The van der Waals surface area contributed by atoms with E-state index in [2.05, 4.69) is 10.2 Å². The van der Waals surface area contributed by atoms with Gasteiger partial charge in [0, 0.05) is 18.0 Å². The number of H-pyrrole nitrogens is 1. The number of rotatable bonds is 3. The fraction of sp³-hybridized carbons (Fsp3) is 0.188. The number of aromatic nitrogens is 3. The van der Waals surface area contributed by atoms with Gasteiger partial charge in [-0.2, -0.15) is 5.10 Å². The van der Waals surface area contributed by atoms with Crippen LogP contribution in [-0.2, 0) is 11.8 Å². The number of carbonyl (C=O) groups is 1. The Hall–Kier alpha value is -2.89. The second-order valence-corrected chi connectivity index (χ2v) is 4.84. The quantitative estimate of drug-likeness (QED) is 0.751. The summed E-state index contributed by atoms with van der Waals surface area (Å²) in [6.07, 6.45) is 0. The van der Waals surface area contributed by atoms with E-state index in [1.165, 1.54) is 4.57 Å². The molecule has 0 unspecified atom stereocenters.